The Labute approximate surface area is 127 Å². The van der Waals surface area contributed by atoms with Crippen molar-refractivity contribution in [1.29, 1.82) is 0 Å². The highest BCUT2D eigenvalue weighted by molar-refractivity contribution is 7.17. The van der Waals surface area contributed by atoms with Crippen LogP contribution in [0, 0.1) is 6.92 Å². The zero-order valence-corrected chi connectivity index (χ0v) is 13.0. The summed E-state index contributed by atoms with van der Waals surface area (Å²) in [5.41, 5.74) is 1.57. The minimum atomic E-state index is -0.140. The minimum Gasteiger partial charge on any atom is -0.344 e. The fourth-order valence-electron chi connectivity index (χ4n) is 1.80. The van der Waals surface area contributed by atoms with Gasteiger partial charge in [-0.25, -0.2) is 4.98 Å². The second kappa shape index (κ2) is 6.49. The molecule has 6 heteroatoms. The van der Waals surface area contributed by atoms with E-state index in [1.54, 1.807) is 21.0 Å². The minimum absolute atomic E-state index is 0.103. The molecule has 0 aliphatic rings. The molecule has 0 aliphatic carbocycles. The zero-order chi connectivity index (χ0) is 15.4. The molecule has 0 fully saturated rings. The maximum absolute atomic E-state index is 12.0. The maximum atomic E-state index is 12.0. The van der Waals surface area contributed by atoms with Crippen molar-refractivity contribution in [1.82, 2.24) is 9.88 Å². The first-order chi connectivity index (χ1) is 9.97. The van der Waals surface area contributed by atoms with Crippen molar-refractivity contribution >= 4 is 28.3 Å². The fourth-order valence-corrected chi connectivity index (χ4v) is 2.80. The molecule has 21 heavy (non-hydrogen) atoms. The van der Waals surface area contributed by atoms with Gasteiger partial charge in [-0.3, -0.25) is 9.59 Å². The summed E-state index contributed by atoms with van der Waals surface area (Å²) >= 11 is 1.20. The monoisotopic (exact) mass is 303 g/mol. The third-order valence-corrected chi connectivity index (χ3v) is 3.91. The van der Waals surface area contributed by atoms with Crippen LogP contribution >= 0.6 is 11.3 Å². The third kappa shape index (κ3) is 3.88. The van der Waals surface area contributed by atoms with E-state index in [1.165, 1.54) is 16.2 Å². The first kappa shape index (κ1) is 15.2. The molecule has 1 aromatic carbocycles. The molecule has 0 radical (unpaired) electrons. The Morgan fingerprint density at radius 1 is 1.24 bits per heavy atom. The van der Waals surface area contributed by atoms with E-state index in [1.807, 2.05) is 30.3 Å². The first-order valence-electron chi connectivity index (χ1n) is 6.50. The van der Waals surface area contributed by atoms with Crippen molar-refractivity contribution in [3.05, 3.63) is 46.5 Å². The van der Waals surface area contributed by atoms with Crippen molar-refractivity contribution in [3.8, 4) is 0 Å². The van der Waals surface area contributed by atoms with Crippen LogP contribution in [-0.2, 0) is 11.2 Å². The van der Waals surface area contributed by atoms with Crippen molar-refractivity contribution < 1.29 is 9.59 Å². The van der Waals surface area contributed by atoms with Crippen LogP contribution in [-0.4, -0.2) is 35.8 Å². The number of thiazole rings is 1. The summed E-state index contributed by atoms with van der Waals surface area (Å²) < 4.78 is 0. The summed E-state index contributed by atoms with van der Waals surface area (Å²) in [6.07, 6.45) is 0.288. The van der Waals surface area contributed by atoms with Crippen LogP contribution < -0.4 is 5.32 Å². The normalized spacial score (nSPS) is 10.2. The van der Waals surface area contributed by atoms with E-state index in [0.29, 0.717) is 15.7 Å². The number of rotatable bonds is 4. The number of hydrogen-bond acceptors (Lipinski definition) is 4. The van der Waals surface area contributed by atoms with E-state index >= 15 is 0 Å². The van der Waals surface area contributed by atoms with Crippen molar-refractivity contribution in [2.75, 3.05) is 19.4 Å². The van der Waals surface area contributed by atoms with Gasteiger partial charge in [-0.2, -0.15) is 0 Å². The number of nitrogens with one attached hydrogen (secondary N) is 1. The number of benzene rings is 1. The second-order valence-electron chi connectivity index (χ2n) is 4.84. The Kier molecular flexibility index (Phi) is 4.70. The number of carbonyl (C=O) groups is 2. The van der Waals surface area contributed by atoms with Crippen LogP contribution in [0.5, 0.6) is 0 Å². The quantitative estimate of drug-likeness (QED) is 0.943. The molecule has 5 nitrogen and oxygen atoms in total. The lowest BCUT2D eigenvalue weighted by atomic mass is 10.1. The Morgan fingerprint density at radius 2 is 1.90 bits per heavy atom. The first-order valence-corrected chi connectivity index (χ1v) is 7.32. The van der Waals surface area contributed by atoms with E-state index in [-0.39, 0.29) is 18.2 Å². The molecule has 0 saturated carbocycles. The molecule has 2 rings (SSSR count). The van der Waals surface area contributed by atoms with Crippen LogP contribution in [0.2, 0.25) is 0 Å². The number of carbonyl (C=O) groups excluding carboxylic acids is 2. The molecular weight excluding hydrogens is 286 g/mol. The predicted molar refractivity (Wildman–Crippen MR) is 83.6 cm³/mol. The number of nitrogens with zero attached hydrogens (tertiary/aromatic N) is 2. The lowest BCUT2D eigenvalue weighted by molar-refractivity contribution is -0.115. The van der Waals surface area contributed by atoms with Gasteiger partial charge in [0.2, 0.25) is 5.91 Å². The van der Waals surface area contributed by atoms with Gasteiger partial charge in [0.05, 0.1) is 12.1 Å². The smallest absolute Gasteiger partial charge is 0.265 e. The van der Waals surface area contributed by atoms with Crippen LogP contribution in [0.1, 0.15) is 20.9 Å². The highest BCUT2D eigenvalue weighted by Gasteiger charge is 2.17. The fraction of sp³-hybridized carbons (Fsp3) is 0.267. The predicted octanol–water partition coefficient (Wildman–Crippen LogP) is 2.33. The van der Waals surface area contributed by atoms with Crippen molar-refractivity contribution in [3.63, 3.8) is 0 Å². The standard InChI is InChI=1S/C15H17N3O2S/c1-10-13(14(20)18(2)3)21-15(16-10)17-12(19)9-11-7-5-4-6-8-11/h4-8H,9H2,1-3H3,(H,16,17,19). The molecular formula is C15H17N3O2S. The molecule has 0 unspecified atom stereocenters. The highest BCUT2D eigenvalue weighted by atomic mass is 32.1. The molecule has 2 aromatic rings. The zero-order valence-electron chi connectivity index (χ0n) is 12.2. The van der Waals surface area contributed by atoms with Crippen molar-refractivity contribution in [2.24, 2.45) is 0 Å². The van der Waals surface area contributed by atoms with Gasteiger partial charge in [-0.15, -0.1) is 0 Å². The highest BCUT2D eigenvalue weighted by Crippen LogP contribution is 2.23. The van der Waals surface area contributed by atoms with Gasteiger partial charge >= 0.3 is 0 Å². The largest absolute Gasteiger partial charge is 0.344 e. The summed E-state index contributed by atoms with van der Waals surface area (Å²) in [7, 11) is 3.38. The Morgan fingerprint density at radius 3 is 2.52 bits per heavy atom. The molecule has 1 aromatic heterocycles. The summed E-state index contributed by atoms with van der Waals surface area (Å²) in [6.45, 7) is 1.76. The molecule has 1 N–H and O–H groups in total. The van der Waals surface area contributed by atoms with Gasteiger partial charge in [-0.05, 0) is 12.5 Å². The third-order valence-electron chi connectivity index (χ3n) is 2.85. The molecule has 0 atom stereocenters. The van der Waals surface area contributed by atoms with Gasteiger partial charge in [0.15, 0.2) is 5.13 Å². The average Bonchev–Trinajstić information content (AvgIpc) is 2.79. The molecule has 0 bridgehead atoms. The van der Waals surface area contributed by atoms with Crippen LogP contribution in [0.4, 0.5) is 5.13 Å². The van der Waals surface area contributed by atoms with Gasteiger partial charge in [0.25, 0.3) is 5.91 Å². The molecule has 0 spiro atoms. The van der Waals surface area contributed by atoms with Crippen LogP contribution in [0.25, 0.3) is 0 Å². The van der Waals surface area contributed by atoms with Crippen molar-refractivity contribution in [2.45, 2.75) is 13.3 Å². The second-order valence-corrected chi connectivity index (χ2v) is 5.84. The number of aryl methyl sites for hydroxylation is 1. The molecule has 2 amide bonds. The maximum Gasteiger partial charge on any atom is 0.265 e. The lowest BCUT2D eigenvalue weighted by Gasteiger charge is -2.07. The molecule has 0 aliphatic heterocycles. The number of anilines is 1. The lowest BCUT2D eigenvalue weighted by Crippen LogP contribution is -2.21. The van der Waals surface area contributed by atoms with E-state index in [2.05, 4.69) is 10.3 Å². The number of amides is 2. The average molecular weight is 303 g/mol. The summed E-state index contributed by atoms with van der Waals surface area (Å²) in [4.78, 5) is 30.2. The van der Waals surface area contributed by atoms with Gasteiger partial charge in [-0.1, -0.05) is 41.7 Å². The molecule has 110 valence electrons. The Hall–Kier alpha value is -2.21. The van der Waals surface area contributed by atoms with Crippen LogP contribution in [0.3, 0.4) is 0 Å². The SMILES string of the molecule is Cc1nc(NC(=O)Cc2ccccc2)sc1C(=O)N(C)C. The van der Waals surface area contributed by atoms with E-state index in [4.69, 9.17) is 0 Å². The van der Waals surface area contributed by atoms with E-state index in [0.717, 1.165) is 5.56 Å². The van der Waals surface area contributed by atoms with Gasteiger partial charge < -0.3 is 10.2 Å². The summed E-state index contributed by atoms with van der Waals surface area (Å²) in [6, 6.07) is 9.49. The number of aromatic nitrogens is 1. The van der Waals surface area contributed by atoms with E-state index < -0.39 is 0 Å². The van der Waals surface area contributed by atoms with E-state index in [9.17, 15) is 9.59 Å². The Balaban J connectivity index is 2.05. The summed E-state index contributed by atoms with van der Waals surface area (Å²) in [5, 5.41) is 3.20. The topological polar surface area (TPSA) is 62.3 Å². The van der Waals surface area contributed by atoms with Gasteiger partial charge in [0, 0.05) is 14.1 Å². The Bertz CT molecular complexity index is 650. The number of hydrogen-bond donors (Lipinski definition) is 1. The molecule has 1 heterocycles. The van der Waals surface area contributed by atoms with Crippen LogP contribution in [0.15, 0.2) is 30.3 Å². The van der Waals surface area contributed by atoms with Gasteiger partial charge in [0.1, 0.15) is 4.88 Å². The molecule has 0 saturated heterocycles. The summed E-state index contributed by atoms with van der Waals surface area (Å²) in [5.74, 6) is -0.243.